The van der Waals surface area contributed by atoms with Crippen LogP contribution in [0.1, 0.15) is 30.6 Å². The van der Waals surface area contributed by atoms with Crippen LogP contribution >= 0.6 is 10.7 Å². The summed E-state index contributed by atoms with van der Waals surface area (Å²) in [5, 5.41) is 2.41. The van der Waals surface area contributed by atoms with E-state index in [9.17, 15) is 22.0 Å². The average molecular weight is 326 g/mol. The van der Waals surface area contributed by atoms with Crippen LogP contribution in [-0.4, -0.2) is 20.9 Å². The zero-order valence-electron chi connectivity index (χ0n) is 10.9. The van der Waals surface area contributed by atoms with E-state index in [0.717, 1.165) is 6.42 Å². The Kier molecular flexibility index (Phi) is 5.47. The molecule has 0 bridgehead atoms. The Morgan fingerprint density at radius 2 is 2.00 bits per heavy atom. The maximum atomic E-state index is 13.9. The molecule has 0 saturated carbocycles. The molecule has 0 aliphatic heterocycles. The molecule has 0 spiro atoms. The minimum Gasteiger partial charge on any atom is -0.352 e. The fourth-order valence-electron chi connectivity index (χ4n) is 1.41. The van der Waals surface area contributed by atoms with Gasteiger partial charge >= 0.3 is 0 Å². The second-order valence-electron chi connectivity index (χ2n) is 4.43. The number of nitrogens with one attached hydrogen (secondary N) is 1. The predicted molar refractivity (Wildman–Crippen MR) is 71.2 cm³/mol. The summed E-state index contributed by atoms with van der Waals surface area (Å²) in [6.45, 7) is 4.06. The molecule has 8 heteroatoms. The average Bonchev–Trinajstić information content (AvgIpc) is 2.36. The molecule has 0 radical (unpaired) electrons. The number of carbonyl (C=O) groups is 1. The van der Waals surface area contributed by atoms with E-state index in [-0.39, 0.29) is 12.5 Å². The van der Waals surface area contributed by atoms with Crippen LogP contribution in [0.5, 0.6) is 0 Å². The highest BCUT2D eigenvalue weighted by molar-refractivity contribution is 8.13. The molecule has 0 aliphatic carbocycles. The van der Waals surface area contributed by atoms with Crippen molar-refractivity contribution in [3.05, 3.63) is 29.3 Å². The summed E-state index contributed by atoms with van der Waals surface area (Å²) >= 11 is 0. The maximum absolute atomic E-state index is 13.9. The summed E-state index contributed by atoms with van der Waals surface area (Å²) in [6.07, 6.45) is 0.799. The molecule has 1 unspecified atom stereocenters. The molecule has 0 fully saturated rings. The lowest BCUT2D eigenvalue weighted by Crippen LogP contribution is -2.29. The lowest BCUT2D eigenvalue weighted by molar-refractivity contribution is 0.0942. The van der Waals surface area contributed by atoms with Crippen LogP contribution in [-0.2, 0) is 9.05 Å². The molecule has 0 saturated heterocycles. The lowest BCUT2D eigenvalue weighted by atomic mass is 10.1. The van der Waals surface area contributed by atoms with Gasteiger partial charge in [-0.15, -0.1) is 0 Å². The second kappa shape index (κ2) is 6.49. The number of halogens is 3. The third-order valence-electron chi connectivity index (χ3n) is 2.82. The molecule has 1 aromatic rings. The first-order valence-electron chi connectivity index (χ1n) is 5.88. The first kappa shape index (κ1) is 16.8. The number of amides is 1. The molecule has 0 aromatic heterocycles. The van der Waals surface area contributed by atoms with Crippen molar-refractivity contribution >= 4 is 25.6 Å². The molecule has 4 nitrogen and oxygen atoms in total. The Hall–Kier alpha value is -1.21. The summed E-state index contributed by atoms with van der Waals surface area (Å²) in [6, 6.07) is 1.07. The molecule has 1 rings (SSSR count). The quantitative estimate of drug-likeness (QED) is 0.847. The highest BCUT2D eigenvalue weighted by atomic mass is 35.7. The number of carbonyl (C=O) groups excluding carboxylic acids is 1. The van der Waals surface area contributed by atoms with Gasteiger partial charge in [0.15, 0.2) is 5.82 Å². The van der Waals surface area contributed by atoms with Gasteiger partial charge in [-0.25, -0.2) is 17.2 Å². The van der Waals surface area contributed by atoms with E-state index in [1.807, 2.05) is 13.8 Å². The van der Waals surface area contributed by atoms with Gasteiger partial charge in [0, 0.05) is 17.2 Å². The summed E-state index contributed by atoms with van der Waals surface area (Å²) in [4.78, 5) is 10.7. The van der Waals surface area contributed by atoms with Gasteiger partial charge in [0.2, 0.25) is 0 Å². The Labute approximate surface area is 120 Å². The molecule has 20 heavy (non-hydrogen) atoms. The summed E-state index contributed by atoms with van der Waals surface area (Å²) in [5.41, 5.74) is -0.687. The highest BCUT2D eigenvalue weighted by Crippen LogP contribution is 2.23. The third kappa shape index (κ3) is 4.14. The van der Waals surface area contributed by atoms with E-state index < -0.39 is 37.1 Å². The molecular weight excluding hydrogens is 312 g/mol. The first-order chi connectivity index (χ1) is 9.16. The Balaban J connectivity index is 3.13. The van der Waals surface area contributed by atoms with Gasteiger partial charge in [-0.1, -0.05) is 20.3 Å². The number of hydrogen-bond acceptors (Lipinski definition) is 3. The van der Waals surface area contributed by atoms with E-state index in [1.165, 1.54) is 0 Å². The Bertz CT molecular complexity index is 619. The van der Waals surface area contributed by atoms with Crippen LogP contribution in [0.2, 0.25) is 0 Å². The van der Waals surface area contributed by atoms with E-state index in [0.29, 0.717) is 12.1 Å². The van der Waals surface area contributed by atoms with E-state index in [1.54, 1.807) is 0 Å². The first-order valence-corrected chi connectivity index (χ1v) is 8.19. The molecular formula is C12H14ClF2NO3S. The van der Waals surface area contributed by atoms with Crippen molar-refractivity contribution in [1.82, 2.24) is 5.32 Å². The van der Waals surface area contributed by atoms with E-state index in [4.69, 9.17) is 10.7 Å². The molecule has 1 N–H and O–H groups in total. The van der Waals surface area contributed by atoms with Crippen LogP contribution in [0.25, 0.3) is 0 Å². The minimum atomic E-state index is -4.47. The van der Waals surface area contributed by atoms with Gasteiger partial charge in [0.1, 0.15) is 10.7 Å². The second-order valence-corrected chi connectivity index (χ2v) is 6.96. The molecule has 0 heterocycles. The smallest absolute Gasteiger partial charge is 0.264 e. The van der Waals surface area contributed by atoms with E-state index >= 15 is 0 Å². The monoisotopic (exact) mass is 325 g/mol. The SMILES string of the molecule is CCC(C)CNC(=O)c1cc(F)cc(S(=O)(=O)Cl)c1F. The fourth-order valence-corrected chi connectivity index (χ4v) is 2.33. The standard InChI is InChI=1S/C12H14ClF2NO3S/c1-3-7(2)6-16-12(17)9-4-8(14)5-10(11(9)15)20(13,18)19/h4-5,7H,3,6H2,1-2H3,(H,16,17). The molecule has 1 amide bonds. The predicted octanol–water partition coefficient (Wildman–Crippen LogP) is 2.67. The Morgan fingerprint density at radius 1 is 1.40 bits per heavy atom. The van der Waals surface area contributed by atoms with Gasteiger partial charge in [-0.3, -0.25) is 4.79 Å². The number of rotatable bonds is 5. The minimum absolute atomic E-state index is 0.159. The van der Waals surface area contributed by atoms with Crippen LogP contribution in [0, 0.1) is 17.6 Å². The van der Waals surface area contributed by atoms with Gasteiger partial charge in [0.05, 0.1) is 5.56 Å². The number of benzene rings is 1. The van der Waals surface area contributed by atoms with Crippen LogP contribution in [0.3, 0.4) is 0 Å². The third-order valence-corrected chi connectivity index (χ3v) is 4.14. The van der Waals surface area contributed by atoms with Gasteiger partial charge < -0.3 is 5.32 Å². The fraction of sp³-hybridized carbons (Fsp3) is 0.417. The number of hydrogen-bond donors (Lipinski definition) is 1. The zero-order valence-corrected chi connectivity index (χ0v) is 12.5. The maximum Gasteiger partial charge on any atom is 0.264 e. The van der Waals surface area contributed by atoms with Crippen molar-refractivity contribution in [1.29, 1.82) is 0 Å². The summed E-state index contributed by atoms with van der Waals surface area (Å²) < 4.78 is 49.4. The summed E-state index contributed by atoms with van der Waals surface area (Å²) in [5.74, 6) is -3.14. The molecule has 1 aromatic carbocycles. The van der Waals surface area contributed by atoms with Crippen LogP contribution in [0.15, 0.2) is 17.0 Å². The van der Waals surface area contributed by atoms with Gasteiger partial charge in [0.25, 0.3) is 15.0 Å². The van der Waals surface area contributed by atoms with Gasteiger partial charge in [-0.05, 0) is 18.1 Å². The van der Waals surface area contributed by atoms with Crippen molar-refractivity contribution < 1.29 is 22.0 Å². The lowest BCUT2D eigenvalue weighted by Gasteiger charge is -2.11. The highest BCUT2D eigenvalue weighted by Gasteiger charge is 2.24. The van der Waals surface area contributed by atoms with E-state index in [2.05, 4.69) is 5.32 Å². The topological polar surface area (TPSA) is 63.2 Å². The van der Waals surface area contributed by atoms with Crippen LogP contribution in [0.4, 0.5) is 8.78 Å². The summed E-state index contributed by atoms with van der Waals surface area (Å²) in [7, 11) is 0.526. The molecule has 1 atom stereocenters. The van der Waals surface area contributed by atoms with Crippen molar-refractivity contribution in [3.8, 4) is 0 Å². The zero-order chi connectivity index (χ0) is 15.5. The van der Waals surface area contributed by atoms with Crippen LogP contribution < -0.4 is 5.32 Å². The van der Waals surface area contributed by atoms with Crippen molar-refractivity contribution in [2.45, 2.75) is 25.2 Å². The van der Waals surface area contributed by atoms with Crippen molar-refractivity contribution in [3.63, 3.8) is 0 Å². The molecule has 0 aliphatic rings. The Morgan fingerprint density at radius 3 is 2.50 bits per heavy atom. The normalized spacial score (nSPS) is 13.1. The van der Waals surface area contributed by atoms with Crippen molar-refractivity contribution in [2.75, 3.05) is 6.54 Å². The van der Waals surface area contributed by atoms with Crippen molar-refractivity contribution in [2.24, 2.45) is 5.92 Å². The molecule has 112 valence electrons. The van der Waals surface area contributed by atoms with Gasteiger partial charge in [-0.2, -0.15) is 0 Å². The largest absolute Gasteiger partial charge is 0.352 e.